The van der Waals surface area contributed by atoms with E-state index in [1.165, 1.54) is 6.42 Å². The molecule has 174 valence electrons. The molecule has 3 aromatic rings. The molecule has 0 bridgehead atoms. The van der Waals surface area contributed by atoms with Gasteiger partial charge in [-0.15, -0.1) is 0 Å². The number of aromatic nitrogens is 1. The Morgan fingerprint density at radius 3 is 2.70 bits per heavy atom. The van der Waals surface area contributed by atoms with Crippen molar-refractivity contribution in [3.8, 4) is 11.5 Å². The lowest BCUT2D eigenvalue weighted by Crippen LogP contribution is -2.60. The predicted molar refractivity (Wildman–Crippen MR) is 124 cm³/mol. The first-order chi connectivity index (χ1) is 16.1. The lowest BCUT2D eigenvalue weighted by Gasteiger charge is -2.49. The van der Waals surface area contributed by atoms with Crippen LogP contribution in [0, 0.1) is 0 Å². The van der Waals surface area contributed by atoms with Gasteiger partial charge in [0, 0.05) is 43.3 Å². The predicted octanol–water partition coefficient (Wildman–Crippen LogP) is 4.18. The summed E-state index contributed by atoms with van der Waals surface area (Å²) in [5, 5.41) is 9.52. The second-order valence-corrected chi connectivity index (χ2v) is 8.71. The molecule has 1 saturated carbocycles. The first kappa shape index (κ1) is 21.6. The molecular formula is C25H29N3O5. The van der Waals surface area contributed by atoms with Gasteiger partial charge >= 0.3 is 5.97 Å². The highest BCUT2D eigenvalue weighted by atomic mass is 16.5. The molecule has 33 heavy (non-hydrogen) atoms. The third-order valence-corrected chi connectivity index (χ3v) is 6.94. The van der Waals surface area contributed by atoms with Gasteiger partial charge in [-0.25, -0.2) is 4.79 Å². The number of oxazole rings is 1. The monoisotopic (exact) mass is 451 g/mol. The molecule has 0 spiro atoms. The fourth-order valence-corrected chi connectivity index (χ4v) is 5.32. The largest absolute Gasteiger partial charge is 0.497 e. The van der Waals surface area contributed by atoms with Crippen molar-refractivity contribution in [2.24, 2.45) is 0 Å². The second-order valence-electron chi connectivity index (χ2n) is 8.71. The van der Waals surface area contributed by atoms with Crippen molar-refractivity contribution in [3.63, 3.8) is 0 Å². The van der Waals surface area contributed by atoms with Crippen LogP contribution in [0.1, 0.15) is 41.6 Å². The molecule has 1 N–H and O–H groups in total. The SMILES string of the molecule is COc1ccc(CN2CCN(c3nc4c(C(=O)O)cccc4o3)[C@H]3CCCC[C@@H]32)c(OC)c1. The lowest BCUT2D eigenvalue weighted by atomic mass is 9.86. The zero-order valence-corrected chi connectivity index (χ0v) is 19.0. The van der Waals surface area contributed by atoms with Crippen molar-refractivity contribution in [1.29, 1.82) is 0 Å². The quantitative estimate of drug-likeness (QED) is 0.597. The maximum absolute atomic E-state index is 11.6. The number of benzene rings is 2. The van der Waals surface area contributed by atoms with Gasteiger partial charge in [0.25, 0.3) is 6.01 Å². The van der Waals surface area contributed by atoms with Gasteiger partial charge in [0.2, 0.25) is 0 Å². The molecule has 0 amide bonds. The van der Waals surface area contributed by atoms with E-state index in [4.69, 9.17) is 13.9 Å². The van der Waals surface area contributed by atoms with Gasteiger partial charge < -0.3 is 23.9 Å². The van der Waals surface area contributed by atoms with Crippen molar-refractivity contribution in [2.45, 2.75) is 44.3 Å². The van der Waals surface area contributed by atoms with Gasteiger partial charge in [-0.2, -0.15) is 4.98 Å². The Morgan fingerprint density at radius 1 is 1.12 bits per heavy atom. The molecule has 1 aliphatic carbocycles. The summed E-state index contributed by atoms with van der Waals surface area (Å²) in [5.74, 6) is 0.631. The van der Waals surface area contributed by atoms with Crippen molar-refractivity contribution in [2.75, 3.05) is 32.2 Å². The van der Waals surface area contributed by atoms with Crippen LogP contribution in [0.25, 0.3) is 11.1 Å². The van der Waals surface area contributed by atoms with E-state index in [1.807, 2.05) is 12.1 Å². The Hall–Kier alpha value is -3.26. The Kier molecular flexibility index (Phi) is 5.85. The highest BCUT2D eigenvalue weighted by molar-refractivity contribution is 6.00. The number of carbonyl (C=O) groups is 1. The van der Waals surface area contributed by atoms with Gasteiger partial charge in [-0.1, -0.05) is 25.0 Å². The number of ether oxygens (including phenoxy) is 2. The average Bonchev–Trinajstić information content (AvgIpc) is 3.28. The molecule has 2 aromatic carbocycles. The fraction of sp³-hybridized carbons (Fsp3) is 0.440. The molecule has 2 aliphatic rings. The van der Waals surface area contributed by atoms with E-state index in [9.17, 15) is 9.90 Å². The summed E-state index contributed by atoms with van der Waals surface area (Å²) in [6, 6.07) is 12.2. The van der Waals surface area contributed by atoms with E-state index < -0.39 is 5.97 Å². The summed E-state index contributed by atoms with van der Waals surface area (Å²) in [6.45, 7) is 2.44. The molecule has 0 unspecified atom stereocenters. The zero-order chi connectivity index (χ0) is 22.9. The molecule has 2 heterocycles. The molecule has 1 aromatic heterocycles. The highest BCUT2D eigenvalue weighted by Crippen LogP contribution is 2.36. The molecule has 8 nitrogen and oxygen atoms in total. The number of carboxylic acids is 1. The first-order valence-electron chi connectivity index (χ1n) is 11.4. The Bertz CT molecular complexity index is 1160. The minimum atomic E-state index is -0.991. The zero-order valence-electron chi connectivity index (χ0n) is 19.0. The summed E-state index contributed by atoms with van der Waals surface area (Å²) < 4.78 is 17.0. The van der Waals surface area contributed by atoms with Crippen LogP contribution in [0.2, 0.25) is 0 Å². The second kappa shape index (κ2) is 8.94. The Labute approximate surface area is 192 Å². The van der Waals surface area contributed by atoms with Gasteiger partial charge in [0.1, 0.15) is 17.0 Å². The van der Waals surface area contributed by atoms with E-state index in [0.717, 1.165) is 56.0 Å². The number of nitrogens with zero attached hydrogens (tertiary/aromatic N) is 3. The van der Waals surface area contributed by atoms with E-state index in [1.54, 1.807) is 32.4 Å². The Morgan fingerprint density at radius 2 is 1.94 bits per heavy atom. The number of anilines is 1. The molecule has 1 aliphatic heterocycles. The molecule has 0 radical (unpaired) electrons. The van der Waals surface area contributed by atoms with Crippen LogP contribution in [-0.4, -0.2) is 60.4 Å². The minimum Gasteiger partial charge on any atom is -0.497 e. The van der Waals surface area contributed by atoms with Crippen LogP contribution in [0.4, 0.5) is 6.01 Å². The number of fused-ring (bicyclic) bond motifs is 2. The fourth-order valence-electron chi connectivity index (χ4n) is 5.32. The number of piperazine rings is 1. The van der Waals surface area contributed by atoms with Crippen LogP contribution in [0.3, 0.4) is 0 Å². The van der Waals surface area contributed by atoms with Crippen LogP contribution in [0.15, 0.2) is 40.8 Å². The lowest BCUT2D eigenvalue weighted by molar-refractivity contribution is 0.0699. The molecule has 1 saturated heterocycles. The molecular weight excluding hydrogens is 422 g/mol. The van der Waals surface area contributed by atoms with Crippen molar-refractivity contribution < 1.29 is 23.8 Å². The van der Waals surface area contributed by atoms with E-state index in [2.05, 4.69) is 20.9 Å². The van der Waals surface area contributed by atoms with Crippen molar-refractivity contribution in [3.05, 3.63) is 47.5 Å². The molecule has 5 rings (SSSR count). The number of carboxylic acid groups (broad SMARTS) is 1. The smallest absolute Gasteiger partial charge is 0.338 e. The normalized spacial score (nSPS) is 21.1. The third-order valence-electron chi connectivity index (χ3n) is 6.94. The van der Waals surface area contributed by atoms with Crippen LogP contribution in [0.5, 0.6) is 11.5 Å². The average molecular weight is 452 g/mol. The maximum Gasteiger partial charge on any atom is 0.338 e. The van der Waals surface area contributed by atoms with E-state index in [-0.39, 0.29) is 11.6 Å². The number of aromatic carboxylic acids is 1. The molecule has 8 heteroatoms. The summed E-state index contributed by atoms with van der Waals surface area (Å²) in [7, 11) is 3.35. The molecule has 2 atom stereocenters. The van der Waals surface area contributed by atoms with Crippen LogP contribution >= 0.6 is 0 Å². The number of methoxy groups -OCH3 is 2. The van der Waals surface area contributed by atoms with E-state index >= 15 is 0 Å². The summed E-state index contributed by atoms with van der Waals surface area (Å²) >= 11 is 0. The van der Waals surface area contributed by atoms with Gasteiger partial charge in [-0.3, -0.25) is 4.90 Å². The van der Waals surface area contributed by atoms with Gasteiger partial charge in [-0.05, 0) is 31.0 Å². The van der Waals surface area contributed by atoms with Crippen LogP contribution < -0.4 is 14.4 Å². The summed E-state index contributed by atoms with van der Waals surface area (Å²) in [5.41, 5.74) is 2.25. The number of hydrogen-bond acceptors (Lipinski definition) is 7. The van der Waals surface area contributed by atoms with E-state index in [0.29, 0.717) is 23.2 Å². The number of rotatable bonds is 6. The third kappa shape index (κ3) is 3.99. The first-order valence-corrected chi connectivity index (χ1v) is 11.4. The Balaban J connectivity index is 1.42. The molecule has 2 fully saturated rings. The van der Waals surface area contributed by atoms with Gasteiger partial charge in [0.05, 0.1) is 19.8 Å². The van der Waals surface area contributed by atoms with Crippen molar-refractivity contribution in [1.82, 2.24) is 9.88 Å². The van der Waals surface area contributed by atoms with Crippen LogP contribution in [-0.2, 0) is 6.54 Å². The summed E-state index contributed by atoms with van der Waals surface area (Å²) in [4.78, 5) is 21.0. The van der Waals surface area contributed by atoms with Crippen molar-refractivity contribution >= 4 is 23.1 Å². The number of para-hydroxylation sites is 1. The summed E-state index contributed by atoms with van der Waals surface area (Å²) in [6.07, 6.45) is 4.53. The van der Waals surface area contributed by atoms with Gasteiger partial charge in [0.15, 0.2) is 5.58 Å². The standard InChI is InChI=1S/C25H29N3O5/c1-31-17-11-10-16(22(14-17)32-2)15-27-12-13-28(20-8-4-3-7-19(20)27)25-26-23-18(24(29)30)6-5-9-21(23)33-25/h5-6,9-11,14,19-20H,3-4,7-8,12-13,15H2,1-2H3,(H,29,30)/t19-,20-/m0/s1. The minimum absolute atomic E-state index is 0.174. The topological polar surface area (TPSA) is 88.3 Å². The highest BCUT2D eigenvalue weighted by Gasteiger charge is 2.40. The number of hydrogen-bond donors (Lipinski definition) is 1. The maximum atomic E-state index is 11.6.